The van der Waals surface area contributed by atoms with Crippen molar-refractivity contribution in [3.8, 4) is 0 Å². The minimum atomic E-state index is -0.547. The molecule has 1 amide bonds. The van der Waals surface area contributed by atoms with Gasteiger partial charge in [0.2, 0.25) is 0 Å². The van der Waals surface area contributed by atoms with E-state index in [-0.39, 0.29) is 30.1 Å². The number of carbonyl (C=O) groups is 2. The lowest BCUT2D eigenvalue weighted by Gasteiger charge is -2.30. The largest absolute Gasteiger partial charge is 0.458 e. The second-order valence-corrected chi connectivity index (χ2v) is 6.55. The molecule has 0 aromatic carbocycles. The Bertz CT molecular complexity index is 403. The first-order valence-corrected chi connectivity index (χ1v) is 6.97. The number of carbonyl (C=O) groups excluding carboxylic acids is 2. The van der Waals surface area contributed by atoms with Gasteiger partial charge < -0.3 is 14.2 Å². The Hall–Kier alpha value is -1.30. The smallest absolute Gasteiger partial charge is 0.410 e. The third-order valence-electron chi connectivity index (χ3n) is 3.52. The lowest BCUT2D eigenvalue weighted by atomic mass is 10.0. The number of hydrogen-bond donors (Lipinski definition) is 0. The van der Waals surface area contributed by atoms with E-state index in [1.807, 2.05) is 27.7 Å². The van der Waals surface area contributed by atoms with Crippen molar-refractivity contribution in [1.29, 1.82) is 0 Å². The van der Waals surface area contributed by atoms with Crippen LogP contribution >= 0.6 is 0 Å². The molecule has 4 atom stereocenters. The Balaban J connectivity index is 2.12. The highest BCUT2D eigenvalue weighted by Crippen LogP contribution is 2.35. The van der Waals surface area contributed by atoms with Crippen molar-refractivity contribution in [2.75, 3.05) is 13.2 Å². The van der Waals surface area contributed by atoms with E-state index in [2.05, 4.69) is 0 Å². The first-order chi connectivity index (χ1) is 9.19. The molecule has 0 spiro atoms. The fraction of sp³-hybridized carbons (Fsp3) is 0.857. The molecule has 2 aliphatic rings. The zero-order chi connectivity index (χ0) is 15.1. The van der Waals surface area contributed by atoms with Gasteiger partial charge in [0.05, 0.1) is 12.7 Å². The van der Waals surface area contributed by atoms with Crippen LogP contribution < -0.4 is 0 Å². The normalized spacial score (nSPS) is 33.0. The van der Waals surface area contributed by atoms with Crippen molar-refractivity contribution in [3.63, 3.8) is 0 Å². The van der Waals surface area contributed by atoms with Crippen molar-refractivity contribution in [2.45, 2.75) is 58.5 Å². The van der Waals surface area contributed by atoms with Gasteiger partial charge in [-0.3, -0.25) is 9.69 Å². The maximum atomic E-state index is 12.3. The molecule has 0 bridgehead atoms. The molecule has 0 N–H and O–H groups in total. The van der Waals surface area contributed by atoms with E-state index in [1.165, 1.54) is 6.92 Å². The molecule has 2 heterocycles. The maximum absolute atomic E-state index is 12.3. The molecule has 0 aromatic heterocycles. The third-order valence-corrected chi connectivity index (χ3v) is 3.52. The summed E-state index contributed by atoms with van der Waals surface area (Å²) < 4.78 is 16.4. The van der Waals surface area contributed by atoms with Gasteiger partial charge in [-0.2, -0.15) is 0 Å². The molecule has 0 aliphatic carbocycles. The number of nitrogens with zero attached hydrogens (tertiary/aromatic N) is 1. The fourth-order valence-corrected chi connectivity index (χ4v) is 2.86. The predicted octanol–water partition coefficient (Wildman–Crippen LogP) is 1.57. The van der Waals surface area contributed by atoms with E-state index >= 15 is 0 Å². The number of ether oxygens (including phenoxy) is 3. The average molecular weight is 285 g/mol. The Morgan fingerprint density at radius 1 is 1.30 bits per heavy atom. The van der Waals surface area contributed by atoms with Gasteiger partial charge in [-0.1, -0.05) is 6.92 Å². The summed E-state index contributed by atoms with van der Waals surface area (Å²) >= 11 is 0. The minimum absolute atomic E-state index is 0.0909. The molecule has 0 radical (unpaired) electrons. The van der Waals surface area contributed by atoms with Gasteiger partial charge in [0.1, 0.15) is 17.7 Å². The van der Waals surface area contributed by atoms with Crippen LogP contribution in [0.25, 0.3) is 0 Å². The summed E-state index contributed by atoms with van der Waals surface area (Å²) in [5, 5.41) is 0. The highest BCUT2D eigenvalue weighted by atomic mass is 16.6. The van der Waals surface area contributed by atoms with Crippen LogP contribution in [-0.4, -0.2) is 54.0 Å². The molecule has 20 heavy (non-hydrogen) atoms. The highest BCUT2D eigenvalue weighted by Gasteiger charge is 2.53. The van der Waals surface area contributed by atoms with Crippen LogP contribution in [0.3, 0.4) is 0 Å². The Kier molecular flexibility index (Phi) is 3.95. The summed E-state index contributed by atoms with van der Waals surface area (Å²) in [4.78, 5) is 25.1. The minimum Gasteiger partial charge on any atom is -0.458 e. The van der Waals surface area contributed by atoms with Crippen LogP contribution in [0.2, 0.25) is 0 Å². The molecule has 2 rings (SSSR count). The number of fused-ring (bicyclic) bond motifs is 1. The molecule has 6 heteroatoms. The molecule has 2 fully saturated rings. The van der Waals surface area contributed by atoms with Gasteiger partial charge in [0.25, 0.3) is 0 Å². The summed E-state index contributed by atoms with van der Waals surface area (Å²) in [5.74, 6) is -0.156. The van der Waals surface area contributed by atoms with Crippen LogP contribution in [0.15, 0.2) is 0 Å². The molecule has 0 aromatic rings. The molecule has 0 saturated carbocycles. The number of rotatable bonds is 1. The second-order valence-electron chi connectivity index (χ2n) is 6.55. The second kappa shape index (κ2) is 5.24. The lowest BCUT2D eigenvalue weighted by molar-refractivity contribution is -0.148. The highest BCUT2D eigenvalue weighted by molar-refractivity contribution is 5.70. The maximum Gasteiger partial charge on any atom is 0.410 e. The van der Waals surface area contributed by atoms with E-state index in [0.29, 0.717) is 13.2 Å². The summed E-state index contributed by atoms with van der Waals surface area (Å²) in [6.45, 7) is 9.77. The zero-order valence-corrected chi connectivity index (χ0v) is 12.7. The first kappa shape index (κ1) is 15.1. The van der Waals surface area contributed by atoms with Crippen molar-refractivity contribution in [3.05, 3.63) is 0 Å². The fourth-order valence-electron chi connectivity index (χ4n) is 2.86. The quantitative estimate of drug-likeness (QED) is 0.684. The molecule has 2 saturated heterocycles. The molecular weight excluding hydrogens is 262 g/mol. The van der Waals surface area contributed by atoms with E-state index in [9.17, 15) is 9.59 Å². The van der Waals surface area contributed by atoms with Crippen LogP contribution in [0, 0.1) is 5.92 Å². The summed E-state index contributed by atoms with van der Waals surface area (Å²) in [6.07, 6.45) is -0.874. The third kappa shape index (κ3) is 3.06. The van der Waals surface area contributed by atoms with E-state index in [0.717, 1.165) is 0 Å². The van der Waals surface area contributed by atoms with E-state index in [4.69, 9.17) is 14.2 Å². The number of likely N-dealkylation sites (tertiary alicyclic amines) is 1. The van der Waals surface area contributed by atoms with E-state index in [1.54, 1.807) is 4.90 Å². The number of esters is 1. The molecule has 0 unspecified atom stereocenters. The summed E-state index contributed by atoms with van der Waals surface area (Å²) in [7, 11) is 0. The SMILES string of the molecule is CC(=O)O[C@H]1CO[C@H]2[C@@H]1N(C(=O)OC(C)(C)C)C[C@H]2C. The monoisotopic (exact) mass is 285 g/mol. The number of amides is 1. The van der Waals surface area contributed by atoms with Crippen LogP contribution in [0.5, 0.6) is 0 Å². The Morgan fingerprint density at radius 2 is 1.95 bits per heavy atom. The van der Waals surface area contributed by atoms with Gasteiger partial charge in [-0.25, -0.2) is 4.79 Å². The summed E-state index contributed by atoms with van der Waals surface area (Å²) in [5.41, 5.74) is -0.547. The van der Waals surface area contributed by atoms with Gasteiger partial charge in [-0.05, 0) is 20.8 Å². The zero-order valence-electron chi connectivity index (χ0n) is 12.7. The average Bonchev–Trinajstić information content (AvgIpc) is 2.79. The number of hydrogen-bond acceptors (Lipinski definition) is 5. The molecule has 2 aliphatic heterocycles. The molecule has 114 valence electrons. The standard InChI is InChI=1S/C14H23NO5/c1-8-6-15(13(17)20-14(3,4)5)11-10(19-9(2)16)7-18-12(8)11/h8,10-12H,6-7H2,1-5H3/t8-,10+,11-,12-/m1/s1. The molecular formula is C14H23NO5. The van der Waals surface area contributed by atoms with Crippen LogP contribution in [-0.2, 0) is 19.0 Å². The van der Waals surface area contributed by atoms with Crippen molar-refractivity contribution < 1.29 is 23.8 Å². The van der Waals surface area contributed by atoms with Crippen LogP contribution in [0.4, 0.5) is 4.79 Å². The van der Waals surface area contributed by atoms with Gasteiger partial charge in [0.15, 0.2) is 0 Å². The predicted molar refractivity (Wildman–Crippen MR) is 71.2 cm³/mol. The topological polar surface area (TPSA) is 65.1 Å². The summed E-state index contributed by atoms with van der Waals surface area (Å²) in [6, 6.07) is -0.247. The van der Waals surface area contributed by atoms with Crippen molar-refractivity contribution in [1.82, 2.24) is 4.90 Å². The lowest BCUT2D eigenvalue weighted by Crippen LogP contribution is -2.47. The van der Waals surface area contributed by atoms with Gasteiger partial charge in [0, 0.05) is 19.4 Å². The Morgan fingerprint density at radius 3 is 2.50 bits per heavy atom. The first-order valence-electron chi connectivity index (χ1n) is 6.97. The Labute approximate surface area is 119 Å². The van der Waals surface area contributed by atoms with Gasteiger partial charge in [-0.15, -0.1) is 0 Å². The van der Waals surface area contributed by atoms with Crippen molar-refractivity contribution in [2.24, 2.45) is 5.92 Å². The van der Waals surface area contributed by atoms with Gasteiger partial charge >= 0.3 is 12.1 Å². The van der Waals surface area contributed by atoms with Crippen molar-refractivity contribution >= 4 is 12.1 Å². The van der Waals surface area contributed by atoms with E-state index < -0.39 is 11.7 Å². The molecule has 6 nitrogen and oxygen atoms in total. The van der Waals surface area contributed by atoms with Crippen LogP contribution in [0.1, 0.15) is 34.6 Å².